The Balaban J connectivity index is 1.55. The van der Waals surface area contributed by atoms with Crippen LogP contribution in [-0.2, 0) is 6.61 Å². The monoisotopic (exact) mass is 415 g/mol. The number of benzene rings is 2. The number of carbonyl (C=O) groups excluding carboxylic acids is 1. The van der Waals surface area contributed by atoms with Crippen LogP contribution in [0.3, 0.4) is 0 Å². The normalized spacial score (nSPS) is 10.6. The molecular weight excluding hydrogens is 394 g/mol. The van der Waals surface area contributed by atoms with Gasteiger partial charge in [0.1, 0.15) is 23.8 Å². The number of fused-ring (bicyclic) bond motifs is 1. The van der Waals surface area contributed by atoms with Gasteiger partial charge in [-0.1, -0.05) is 24.3 Å². The lowest BCUT2D eigenvalue weighted by Gasteiger charge is -2.13. The van der Waals surface area contributed by atoms with Crippen molar-refractivity contribution in [3.63, 3.8) is 0 Å². The van der Waals surface area contributed by atoms with Crippen molar-refractivity contribution in [3.05, 3.63) is 100 Å². The van der Waals surface area contributed by atoms with Gasteiger partial charge in [0.2, 0.25) is 0 Å². The second-order valence-electron chi connectivity index (χ2n) is 6.96. The van der Waals surface area contributed by atoms with E-state index >= 15 is 0 Å². The highest BCUT2D eigenvalue weighted by molar-refractivity contribution is 6.06. The molecule has 0 unspecified atom stereocenters. The van der Waals surface area contributed by atoms with Crippen LogP contribution in [-0.4, -0.2) is 22.4 Å². The maximum Gasteiger partial charge on any atom is 0.259 e. The average Bonchev–Trinajstić information content (AvgIpc) is 2.78. The SMILES string of the molecule is COc1ccccc1C(=O)Nc1ccccc1OCc1cc(=O)n2ccc(C)cc2n1. The van der Waals surface area contributed by atoms with Crippen LogP contribution in [0.15, 0.2) is 77.7 Å². The quantitative estimate of drug-likeness (QED) is 0.517. The van der Waals surface area contributed by atoms with Crippen LogP contribution < -0.4 is 20.3 Å². The van der Waals surface area contributed by atoms with E-state index in [1.807, 2.05) is 19.1 Å². The molecule has 0 atom stereocenters. The van der Waals surface area contributed by atoms with E-state index in [2.05, 4.69) is 10.3 Å². The molecule has 2 heterocycles. The first-order chi connectivity index (χ1) is 15.0. The zero-order chi connectivity index (χ0) is 21.8. The number of methoxy groups -OCH3 is 1. The lowest BCUT2D eigenvalue weighted by Crippen LogP contribution is -2.17. The van der Waals surface area contributed by atoms with Crippen LogP contribution in [0, 0.1) is 6.92 Å². The van der Waals surface area contributed by atoms with Gasteiger partial charge in [0, 0.05) is 12.3 Å². The highest BCUT2D eigenvalue weighted by Gasteiger charge is 2.14. The van der Waals surface area contributed by atoms with Gasteiger partial charge in [0.25, 0.3) is 11.5 Å². The number of amides is 1. The van der Waals surface area contributed by atoms with Gasteiger partial charge in [-0.05, 0) is 48.9 Å². The van der Waals surface area contributed by atoms with E-state index in [1.54, 1.807) is 54.7 Å². The minimum Gasteiger partial charge on any atom is -0.496 e. The summed E-state index contributed by atoms with van der Waals surface area (Å²) in [6, 6.07) is 19.2. The van der Waals surface area contributed by atoms with Gasteiger partial charge in [-0.2, -0.15) is 0 Å². The van der Waals surface area contributed by atoms with E-state index in [-0.39, 0.29) is 18.1 Å². The summed E-state index contributed by atoms with van der Waals surface area (Å²) < 4.78 is 12.6. The predicted octanol–water partition coefficient (Wildman–Crippen LogP) is 3.84. The fraction of sp³-hybridized carbons (Fsp3) is 0.125. The van der Waals surface area contributed by atoms with Crippen LogP contribution in [0.5, 0.6) is 11.5 Å². The zero-order valence-corrected chi connectivity index (χ0v) is 17.2. The van der Waals surface area contributed by atoms with Crippen molar-refractivity contribution in [2.24, 2.45) is 0 Å². The highest BCUT2D eigenvalue weighted by atomic mass is 16.5. The molecule has 0 aliphatic rings. The molecule has 0 radical (unpaired) electrons. The topological polar surface area (TPSA) is 81.9 Å². The van der Waals surface area contributed by atoms with Crippen molar-refractivity contribution in [1.29, 1.82) is 0 Å². The number of hydrogen-bond donors (Lipinski definition) is 1. The third kappa shape index (κ3) is 4.40. The Labute approximate surface area is 178 Å². The summed E-state index contributed by atoms with van der Waals surface area (Å²) in [4.78, 5) is 29.6. The molecule has 0 aliphatic heterocycles. The minimum absolute atomic E-state index is 0.0845. The number of para-hydroxylation sites is 3. The molecule has 0 spiro atoms. The Kier molecular flexibility index (Phi) is 5.66. The smallest absolute Gasteiger partial charge is 0.259 e. The summed E-state index contributed by atoms with van der Waals surface area (Å²) in [6.45, 7) is 2.03. The van der Waals surface area contributed by atoms with E-state index in [0.717, 1.165) is 5.56 Å². The molecule has 0 fully saturated rings. The van der Waals surface area contributed by atoms with Crippen molar-refractivity contribution in [3.8, 4) is 11.5 Å². The van der Waals surface area contributed by atoms with Gasteiger partial charge >= 0.3 is 0 Å². The number of nitrogens with one attached hydrogen (secondary N) is 1. The number of aryl methyl sites for hydroxylation is 1. The van der Waals surface area contributed by atoms with E-state index < -0.39 is 0 Å². The molecule has 1 N–H and O–H groups in total. The summed E-state index contributed by atoms with van der Waals surface area (Å²) in [6.07, 6.45) is 1.70. The molecule has 0 saturated heterocycles. The molecule has 4 rings (SSSR count). The highest BCUT2D eigenvalue weighted by Crippen LogP contribution is 2.26. The molecule has 31 heavy (non-hydrogen) atoms. The second kappa shape index (κ2) is 8.71. The summed E-state index contributed by atoms with van der Waals surface area (Å²) in [5, 5.41) is 2.86. The number of ether oxygens (including phenoxy) is 2. The Bertz CT molecular complexity index is 1310. The summed E-state index contributed by atoms with van der Waals surface area (Å²) in [5.41, 5.74) is 2.81. The number of anilines is 1. The van der Waals surface area contributed by atoms with Crippen molar-refractivity contribution in [1.82, 2.24) is 9.38 Å². The van der Waals surface area contributed by atoms with Gasteiger partial charge < -0.3 is 14.8 Å². The van der Waals surface area contributed by atoms with Crippen molar-refractivity contribution in [2.75, 3.05) is 12.4 Å². The molecule has 4 aromatic rings. The molecule has 7 heteroatoms. The Morgan fingerprint density at radius 1 is 1.03 bits per heavy atom. The summed E-state index contributed by atoms with van der Waals surface area (Å²) in [5.74, 6) is 0.637. The lowest BCUT2D eigenvalue weighted by molar-refractivity contribution is 0.102. The molecule has 0 aliphatic carbocycles. The third-order valence-corrected chi connectivity index (χ3v) is 4.74. The molecule has 1 amide bonds. The minimum atomic E-state index is -0.314. The number of carbonyl (C=O) groups is 1. The maximum absolute atomic E-state index is 12.7. The lowest BCUT2D eigenvalue weighted by atomic mass is 10.2. The number of nitrogens with zero attached hydrogens (tertiary/aromatic N) is 2. The molecule has 2 aromatic heterocycles. The number of rotatable bonds is 6. The average molecular weight is 415 g/mol. The van der Waals surface area contributed by atoms with E-state index in [1.165, 1.54) is 17.6 Å². The van der Waals surface area contributed by atoms with Gasteiger partial charge in [0.15, 0.2) is 0 Å². The zero-order valence-electron chi connectivity index (χ0n) is 17.2. The van der Waals surface area contributed by atoms with Gasteiger partial charge in [0.05, 0.1) is 24.1 Å². The van der Waals surface area contributed by atoms with Crippen LogP contribution in [0.25, 0.3) is 5.65 Å². The van der Waals surface area contributed by atoms with Gasteiger partial charge in [-0.3, -0.25) is 14.0 Å². The van der Waals surface area contributed by atoms with Gasteiger partial charge in [-0.15, -0.1) is 0 Å². The summed E-state index contributed by atoms with van der Waals surface area (Å²) >= 11 is 0. The fourth-order valence-corrected chi connectivity index (χ4v) is 3.20. The molecule has 0 bridgehead atoms. The fourth-order valence-electron chi connectivity index (χ4n) is 3.20. The molecule has 7 nitrogen and oxygen atoms in total. The molecule has 2 aromatic carbocycles. The first-order valence-corrected chi connectivity index (χ1v) is 9.70. The van der Waals surface area contributed by atoms with Crippen LogP contribution in [0.2, 0.25) is 0 Å². The second-order valence-corrected chi connectivity index (χ2v) is 6.96. The summed E-state index contributed by atoms with van der Waals surface area (Å²) in [7, 11) is 1.52. The first-order valence-electron chi connectivity index (χ1n) is 9.70. The van der Waals surface area contributed by atoms with Crippen LogP contribution >= 0.6 is 0 Å². The largest absolute Gasteiger partial charge is 0.496 e. The predicted molar refractivity (Wildman–Crippen MR) is 118 cm³/mol. The Morgan fingerprint density at radius 3 is 2.58 bits per heavy atom. The standard InChI is InChI=1S/C24H21N3O4/c1-16-11-12-27-22(13-16)25-17(14-23(27)28)15-31-21-10-6-4-8-19(21)26-24(29)18-7-3-5-9-20(18)30-2/h3-14H,15H2,1-2H3,(H,26,29). The Hall–Kier alpha value is -4.13. The molecule has 0 saturated carbocycles. The van der Waals surface area contributed by atoms with Crippen LogP contribution in [0.1, 0.15) is 21.6 Å². The van der Waals surface area contributed by atoms with E-state index in [0.29, 0.717) is 34.1 Å². The third-order valence-electron chi connectivity index (χ3n) is 4.74. The number of aromatic nitrogens is 2. The van der Waals surface area contributed by atoms with Gasteiger partial charge in [-0.25, -0.2) is 4.98 Å². The molecule has 156 valence electrons. The van der Waals surface area contributed by atoms with Crippen molar-refractivity contribution < 1.29 is 14.3 Å². The molecular formula is C24H21N3O4. The first kappa shape index (κ1) is 20.2. The van der Waals surface area contributed by atoms with E-state index in [9.17, 15) is 9.59 Å². The maximum atomic E-state index is 12.7. The van der Waals surface area contributed by atoms with Crippen molar-refractivity contribution >= 4 is 17.2 Å². The van der Waals surface area contributed by atoms with E-state index in [4.69, 9.17) is 9.47 Å². The number of hydrogen-bond acceptors (Lipinski definition) is 5. The Morgan fingerprint density at radius 2 is 1.77 bits per heavy atom. The van der Waals surface area contributed by atoms with Crippen molar-refractivity contribution in [2.45, 2.75) is 13.5 Å². The van der Waals surface area contributed by atoms with Crippen LogP contribution in [0.4, 0.5) is 5.69 Å². The number of pyridine rings is 1.